The molecule has 3 aromatic rings. The van der Waals surface area contributed by atoms with E-state index in [1.54, 1.807) is 23.5 Å². The zero-order valence-corrected chi connectivity index (χ0v) is 11.6. The lowest BCUT2D eigenvalue weighted by Crippen LogP contribution is -2.04. The number of hydrogen-bond acceptors (Lipinski definition) is 5. The Hall–Kier alpha value is -2.72. The van der Waals surface area contributed by atoms with Crippen LogP contribution in [0.2, 0.25) is 0 Å². The largest absolute Gasteiger partial charge is 0.377 e. The predicted molar refractivity (Wildman–Crippen MR) is 78.1 cm³/mol. The quantitative estimate of drug-likeness (QED) is 0.775. The van der Waals surface area contributed by atoms with Gasteiger partial charge in [-0.2, -0.15) is 10.4 Å². The van der Waals surface area contributed by atoms with Gasteiger partial charge in [0.1, 0.15) is 23.3 Å². The molecule has 0 aliphatic rings. The Morgan fingerprint density at radius 2 is 2.24 bits per heavy atom. The van der Waals surface area contributed by atoms with Crippen molar-refractivity contribution in [1.82, 2.24) is 15.2 Å². The molecule has 2 N–H and O–H groups in total. The van der Waals surface area contributed by atoms with Crippen LogP contribution in [0.3, 0.4) is 0 Å². The molecule has 0 saturated carbocycles. The summed E-state index contributed by atoms with van der Waals surface area (Å²) in [5.74, 6) is 0.701. The molecule has 0 aliphatic carbocycles. The van der Waals surface area contributed by atoms with E-state index < -0.39 is 5.82 Å². The van der Waals surface area contributed by atoms with Gasteiger partial charge in [0.15, 0.2) is 5.82 Å². The van der Waals surface area contributed by atoms with Crippen molar-refractivity contribution in [1.29, 1.82) is 5.26 Å². The van der Waals surface area contributed by atoms with Crippen LogP contribution in [0.25, 0.3) is 10.7 Å². The highest BCUT2D eigenvalue weighted by molar-refractivity contribution is 7.13. The zero-order chi connectivity index (χ0) is 14.7. The van der Waals surface area contributed by atoms with Gasteiger partial charge in [-0.25, -0.2) is 9.37 Å². The highest BCUT2D eigenvalue weighted by Gasteiger charge is 2.09. The third-order valence-corrected chi connectivity index (χ3v) is 3.71. The van der Waals surface area contributed by atoms with Crippen molar-refractivity contribution < 1.29 is 4.39 Å². The van der Waals surface area contributed by atoms with E-state index in [2.05, 4.69) is 20.5 Å². The number of H-pyrrole nitrogens is 1. The summed E-state index contributed by atoms with van der Waals surface area (Å²) in [6.45, 7) is 0.330. The zero-order valence-electron chi connectivity index (χ0n) is 10.8. The second-order valence-electron chi connectivity index (χ2n) is 4.21. The maximum absolute atomic E-state index is 13.5. The number of benzene rings is 1. The maximum atomic E-state index is 13.5. The SMILES string of the molecule is N#Cc1c(F)cccc1NCc1nc(-c2cccs2)n[nH]1. The molecule has 0 fully saturated rings. The number of halogens is 1. The molecule has 0 aliphatic heterocycles. The van der Waals surface area contributed by atoms with Gasteiger partial charge in [0.25, 0.3) is 0 Å². The first-order valence-electron chi connectivity index (χ1n) is 6.15. The van der Waals surface area contributed by atoms with Crippen molar-refractivity contribution in [2.75, 3.05) is 5.32 Å². The minimum Gasteiger partial charge on any atom is -0.377 e. The van der Waals surface area contributed by atoms with Crippen molar-refractivity contribution >= 4 is 17.0 Å². The van der Waals surface area contributed by atoms with Crippen molar-refractivity contribution in [2.24, 2.45) is 0 Å². The molecule has 0 spiro atoms. The Morgan fingerprint density at radius 1 is 1.33 bits per heavy atom. The Labute approximate surface area is 124 Å². The van der Waals surface area contributed by atoms with Crippen LogP contribution in [-0.4, -0.2) is 15.2 Å². The van der Waals surface area contributed by atoms with Crippen LogP contribution in [-0.2, 0) is 6.54 Å². The van der Waals surface area contributed by atoms with Gasteiger partial charge in [-0.1, -0.05) is 12.1 Å². The summed E-state index contributed by atoms with van der Waals surface area (Å²) in [4.78, 5) is 5.32. The van der Waals surface area contributed by atoms with Gasteiger partial charge in [-0.15, -0.1) is 11.3 Å². The third-order valence-electron chi connectivity index (χ3n) is 2.84. The first-order valence-corrected chi connectivity index (χ1v) is 7.03. The Morgan fingerprint density at radius 3 is 3.00 bits per heavy atom. The summed E-state index contributed by atoms with van der Waals surface area (Å²) >= 11 is 1.55. The molecule has 0 bridgehead atoms. The van der Waals surface area contributed by atoms with Gasteiger partial charge >= 0.3 is 0 Å². The van der Waals surface area contributed by atoms with Crippen molar-refractivity contribution in [2.45, 2.75) is 6.54 Å². The Kier molecular flexibility index (Phi) is 3.62. The standard InChI is InChI=1S/C14H10FN5S/c15-10-3-1-4-11(9(10)7-16)17-8-13-18-14(20-19-13)12-5-2-6-21-12/h1-6,17H,8H2,(H,18,19,20). The molecule has 7 heteroatoms. The summed E-state index contributed by atoms with van der Waals surface area (Å²) < 4.78 is 13.5. The third kappa shape index (κ3) is 2.75. The van der Waals surface area contributed by atoms with Gasteiger partial charge in [-0.3, -0.25) is 5.10 Å². The average Bonchev–Trinajstić information content (AvgIpc) is 3.16. The fraction of sp³-hybridized carbons (Fsp3) is 0.0714. The van der Waals surface area contributed by atoms with Gasteiger partial charge in [0.05, 0.1) is 17.1 Å². The smallest absolute Gasteiger partial charge is 0.191 e. The van der Waals surface area contributed by atoms with Gasteiger partial charge in [0, 0.05) is 0 Å². The molecule has 1 aromatic carbocycles. The lowest BCUT2D eigenvalue weighted by atomic mass is 10.2. The number of thiophene rings is 1. The number of nitriles is 1. The molecule has 2 heterocycles. The molecule has 5 nitrogen and oxygen atoms in total. The topological polar surface area (TPSA) is 77.4 Å². The fourth-order valence-electron chi connectivity index (χ4n) is 1.85. The number of aromatic nitrogens is 3. The predicted octanol–water partition coefficient (Wildman–Crippen LogP) is 3.16. The first-order chi connectivity index (χ1) is 10.3. The monoisotopic (exact) mass is 299 g/mol. The van der Waals surface area contributed by atoms with E-state index in [9.17, 15) is 4.39 Å². The highest BCUT2D eigenvalue weighted by Crippen LogP contribution is 2.21. The Balaban J connectivity index is 1.74. The van der Waals surface area contributed by atoms with Gasteiger partial charge in [-0.05, 0) is 23.6 Å². The van der Waals surface area contributed by atoms with E-state index in [4.69, 9.17) is 5.26 Å². The lowest BCUT2D eigenvalue weighted by Gasteiger charge is -2.06. The average molecular weight is 299 g/mol. The summed E-state index contributed by atoms with van der Waals surface area (Å²) in [5.41, 5.74) is 0.432. The molecular weight excluding hydrogens is 289 g/mol. The van der Waals surface area contributed by atoms with Crippen molar-refractivity contribution in [3.8, 4) is 16.8 Å². The molecule has 3 rings (SSSR count). The second kappa shape index (κ2) is 5.73. The number of nitrogens with one attached hydrogen (secondary N) is 2. The molecular formula is C14H10FN5S. The van der Waals surface area contributed by atoms with E-state index in [0.29, 0.717) is 23.9 Å². The lowest BCUT2D eigenvalue weighted by molar-refractivity contribution is 0.624. The number of nitrogens with zero attached hydrogens (tertiary/aromatic N) is 3. The normalized spacial score (nSPS) is 10.3. The molecule has 0 unspecified atom stereocenters. The highest BCUT2D eigenvalue weighted by atomic mass is 32.1. The number of aromatic amines is 1. The molecule has 104 valence electrons. The summed E-state index contributed by atoms with van der Waals surface area (Å²) in [5, 5.41) is 20.9. The van der Waals surface area contributed by atoms with E-state index in [1.165, 1.54) is 6.07 Å². The molecule has 0 saturated heterocycles. The Bertz CT molecular complexity index is 788. The molecule has 21 heavy (non-hydrogen) atoms. The van der Waals surface area contributed by atoms with Crippen LogP contribution in [0, 0.1) is 17.1 Å². The van der Waals surface area contributed by atoms with E-state index in [-0.39, 0.29) is 5.56 Å². The molecule has 2 aromatic heterocycles. The van der Waals surface area contributed by atoms with Crippen molar-refractivity contribution in [3.63, 3.8) is 0 Å². The maximum Gasteiger partial charge on any atom is 0.191 e. The van der Waals surface area contributed by atoms with E-state index >= 15 is 0 Å². The van der Waals surface area contributed by atoms with Crippen LogP contribution in [0.1, 0.15) is 11.4 Å². The van der Waals surface area contributed by atoms with Crippen LogP contribution >= 0.6 is 11.3 Å². The summed E-state index contributed by atoms with van der Waals surface area (Å²) in [6, 6.07) is 10.2. The second-order valence-corrected chi connectivity index (χ2v) is 5.16. The van der Waals surface area contributed by atoms with E-state index in [0.717, 1.165) is 4.88 Å². The number of hydrogen-bond donors (Lipinski definition) is 2. The number of anilines is 1. The molecule has 0 amide bonds. The summed E-state index contributed by atoms with van der Waals surface area (Å²) in [6.07, 6.45) is 0. The first kappa shape index (κ1) is 13.3. The minimum atomic E-state index is -0.542. The van der Waals surface area contributed by atoms with Crippen LogP contribution in [0.4, 0.5) is 10.1 Å². The number of rotatable bonds is 4. The fourth-order valence-corrected chi connectivity index (χ4v) is 2.51. The van der Waals surface area contributed by atoms with Gasteiger partial charge in [0.2, 0.25) is 0 Å². The molecule has 0 radical (unpaired) electrons. The van der Waals surface area contributed by atoms with Crippen LogP contribution < -0.4 is 5.32 Å². The minimum absolute atomic E-state index is 0.00417. The van der Waals surface area contributed by atoms with E-state index in [1.807, 2.05) is 23.6 Å². The molecule has 0 atom stereocenters. The van der Waals surface area contributed by atoms with Gasteiger partial charge < -0.3 is 5.32 Å². The van der Waals surface area contributed by atoms with Crippen LogP contribution in [0.15, 0.2) is 35.7 Å². The summed E-state index contributed by atoms with van der Waals surface area (Å²) in [7, 11) is 0. The van der Waals surface area contributed by atoms with Crippen LogP contribution in [0.5, 0.6) is 0 Å². The van der Waals surface area contributed by atoms with Crippen molar-refractivity contribution in [3.05, 3.63) is 52.9 Å².